The Bertz CT molecular complexity index is 449. The standard InChI is InChI=1S/C14H21NO5/c1-13(11(16)17)6-4-7-14(9-13,12(18)19)15-8-3-5-10(15)20-2/h4,6,10H,3,5,7-9H2,1-2H3,(H,16,17)(H,18,19)/t10-,13?,14?/m1/s1. The van der Waals surface area contributed by atoms with Gasteiger partial charge in [-0.25, -0.2) is 0 Å². The van der Waals surface area contributed by atoms with Crippen molar-refractivity contribution in [3.63, 3.8) is 0 Å². The molecule has 0 saturated carbocycles. The Kier molecular flexibility index (Phi) is 3.88. The summed E-state index contributed by atoms with van der Waals surface area (Å²) in [5.74, 6) is -1.97. The van der Waals surface area contributed by atoms with E-state index in [1.54, 1.807) is 26.2 Å². The molecule has 112 valence electrons. The van der Waals surface area contributed by atoms with Crippen LogP contribution in [-0.2, 0) is 14.3 Å². The largest absolute Gasteiger partial charge is 0.481 e. The molecule has 0 aromatic rings. The van der Waals surface area contributed by atoms with Crippen LogP contribution in [-0.4, -0.2) is 52.5 Å². The van der Waals surface area contributed by atoms with Crippen molar-refractivity contribution < 1.29 is 24.5 Å². The second-order valence-electron chi connectivity index (χ2n) is 5.87. The van der Waals surface area contributed by atoms with Crippen molar-refractivity contribution in [2.45, 2.75) is 44.4 Å². The molecule has 0 aromatic heterocycles. The van der Waals surface area contributed by atoms with Gasteiger partial charge in [-0.2, -0.15) is 0 Å². The Hall–Kier alpha value is -1.40. The topological polar surface area (TPSA) is 87.1 Å². The molecule has 6 nitrogen and oxygen atoms in total. The van der Waals surface area contributed by atoms with Crippen molar-refractivity contribution in [3.8, 4) is 0 Å². The van der Waals surface area contributed by atoms with Gasteiger partial charge in [-0.3, -0.25) is 14.5 Å². The summed E-state index contributed by atoms with van der Waals surface area (Å²) in [7, 11) is 1.56. The molecule has 0 amide bonds. The highest BCUT2D eigenvalue weighted by Crippen LogP contribution is 2.43. The predicted molar refractivity (Wildman–Crippen MR) is 71.2 cm³/mol. The third-order valence-electron chi connectivity index (χ3n) is 4.51. The lowest BCUT2D eigenvalue weighted by molar-refractivity contribution is -0.167. The highest BCUT2D eigenvalue weighted by molar-refractivity contribution is 5.84. The van der Waals surface area contributed by atoms with Crippen molar-refractivity contribution >= 4 is 11.9 Å². The monoisotopic (exact) mass is 283 g/mol. The second-order valence-corrected chi connectivity index (χ2v) is 5.87. The zero-order valence-electron chi connectivity index (χ0n) is 11.8. The first kappa shape index (κ1) is 15.0. The van der Waals surface area contributed by atoms with E-state index in [9.17, 15) is 19.8 Å². The number of ether oxygens (including phenoxy) is 1. The zero-order chi connectivity index (χ0) is 15.0. The van der Waals surface area contributed by atoms with Gasteiger partial charge in [0.2, 0.25) is 0 Å². The van der Waals surface area contributed by atoms with Crippen LogP contribution in [0, 0.1) is 5.41 Å². The number of carbonyl (C=O) groups is 2. The Morgan fingerprint density at radius 1 is 1.35 bits per heavy atom. The van der Waals surface area contributed by atoms with Crippen LogP contribution in [0.25, 0.3) is 0 Å². The van der Waals surface area contributed by atoms with E-state index in [0.717, 1.165) is 12.8 Å². The smallest absolute Gasteiger partial charge is 0.324 e. The number of nitrogens with zero attached hydrogens (tertiary/aromatic N) is 1. The van der Waals surface area contributed by atoms with Gasteiger partial charge in [-0.1, -0.05) is 12.2 Å². The van der Waals surface area contributed by atoms with Gasteiger partial charge in [-0.05, 0) is 32.6 Å². The van der Waals surface area contributed by atoms with E-state index in [1.807, 2.05) is 4.90 Å². The first-order valence-corrected chi connectivity index (χ1v) is 6.80. The average Bonchev–Trinajstić information content (AvgIpc) is 2.87. The number of hydrogen-bond donors (Lipinski definition) is 2. The molecule has 2 unspecified atom stereocenters. The molecule has 1 heterocycles. The number of carboxylic acid groups (broad SMARTS) is 2. The quantitative estimate of drug-likeness (QED) is 0.757. The molecule has 3 atom stereocenters. The van der Waals surface area contributed by atoms with Gasteiger partial charge in [0.05, 0.1) is 5.41 Å². The number of hydrogen-bond acceptors (Lipinski definition) is 4. The number of carboxylic acids is 2. The minimum Gasteiger partial charge on any atom is -0.481 e. The lowest BCUT2D eigenvalue weighted by Gasteiger charge is -2.45. The van der Waals surface area contributed by atoms with Crippen LogP contribution in [0.3, 0.4) is 0 Å². The van der Waals surface area contributed by atoms with E-state index in [1.165, 1.54) is 0 Å². The average molecular weight is 283 g/mol. The molecule has 0 bridgehead atoms. The van der Waals surface area contributed by atoms with Gasteiger partial charge in [0.25, 0.3) is 0 Å². The molecular weight excluding hydrogens is 262 g/mol. The Balaban J connectivity index is 2.39. The molecule has 1 fully saturated rings. The van der Waals surface area contributed by atoms with E-state index in [2.05, 4.69) is 0 Å². The molecule has 0 spiro atoms. The van der Waals surface area contributed by atoms with Crippen LogP contribution >= 0.6 is 0 Å². The van der Waals surface area contributed by atoms with E-state index in [4.69, 9.17) is 4.74 Å². The number of likely N-dealkylation sites (tertiary alicyclic amines) is 1. The summed E-state index contributed by atoms with van der Waals surface area (Å²) < 4.78 is 5.37. The van der Waals surface area contributed by atoms with Gasteiger partial charge < -0.3 is 14.9 Å². The summed E-state index contributed by atoms with van der Waals surface area (Å²) in [5, 5.41) is 19.1. The Morgan fingerprint density at radius 2 is 2.05 bits per heavy atom. The molecule has 20 heavy (non-hydrogen) atoms. The van der Waals surface area contributed by atoms with Crippen LogP contribution in [0.1, 0.15) is 32.6 Å². The van der Waals surface area contributed by atoms with E-state index >= 15 is 0 Å². The highest BCUT2D eigenvalue weighted by Gasteiger charge is 2.54. The highest BCUT2D eigenvalue weighted by atomic mass is 16.5. The zero-order valence-corrected chi connectivity index (χ0v) is 11.8. The molecule has 2 rings (SSSR count). The molecule has 2 aliphatic rings. The Labute approximate surface area is 118 Å². The molecule has 0 aromatic carbocycles. The normalized spacial score (nSPS) is 38.0. The molecule has 1 saturated heterocycles. The third kappa shape index (κ3) is 2.23. The fraction of sp³-hybridized carbons (Fsp3) is 0.714. The van der Waals surface area contributed by atoms with Crippen LogP contribution in [0.5, 0.6) is 0 Å². The van der Waals surface area contributed by atoms with Crippen LogP contribution in [0.2, 0.25) is 0 Å². The maximum absolute atomic E-state index is 11.9. The van der Waals surface area contributed by atoms with Gasteiger partial charge in [0, 0.05) is 13.7 Å². The molecule has 6 heteroatoms. The summed E-state index contributed by atoms with van der Waals surface area (Å²) in [4.78, 5) is 25.2. The fourth-order valence-corrected chi connectivity index (χ4v) is 3.37. The number of rotatable bonds is 4. The van der Waals surface area contributed by atoms with E-state index in [-0.39, 0.29) is 12.6 Å². The third-order valence-corrected chi connectivity index (χ3v) is 4.51. The van der Waals surface area contributed by atoms with Crippen LogP contribution in [0.4, 0.5) is 0 Å². The lowest BCUT2D eigenvalue weighted by atomic mass is 9.70. The first-order chi connectivity index (χ1) is 9.35. The van der Waals surface area contributed by atoms with Gasteiger partial charge in [-0.15, -0.1) is 0 Å². The molecule has 0 radical (unpaired) electrons. The summed E-state index contributed by atoms with van der Waals surface area (Å²) in [6.45, 7) is 2.19. The lowest BCUT2D eigenvalue weighted by Crippen LogP contribution is -2.60. The van der Waals surface area contributed by atoms with Crippen molar-refractivity contribution in [1.82, 2.24) is 4.90 Å². The van der Waals surface area contributed by atoms with Crippen molar-refractivity contribution in [2.75, 3.05) is 13.7 Å². The van der Waals surface area contributed by atoms with Crippen molar-refractivity contribution in [2.24, 2.45) is 5.41 Å². The van der Waals surface area contributed by atoms with E-state index < -0.39 is 22.9 Å². The molecular formula is C14H21NO5. The maximum Gasteiger partial charge on any atom is 0.324 e. The first-order valence-electron chi connectivity index (χ1n) is 6.80. The summed E-state index contributed by atoms with van der Waals surface area (Å²) >= 11 is 0. The van der Waals surface area contributed by atoms with Crippen molar-refractivity contribution in [1.29, 1.82) is 0 Å². The summed E-state index contributed by atoms with van der Waals surface area (Å²) in [6, 6.07) is 0. The van der Waals surface area contributed by atoms with E-state index in [0.29, 0.717) is 13.0 Å². The number of aliphatic carboxylic acids is 2. The van der Waals surface area contributed by atoms with Gasteiger partial charge in [0.15, 0.2) is 0 Å². The molecule has 1 aliphatic carbocycles. The minimum atomic E-state index is -1.20. The van der Waals surface area contributed by atoms with Crippen molar-refractivity contribution in [3.05, 3.63) is 12.2 Å². The minimum absolute atomic E-state index is 0.0566. The predicted octanol–water partition coefficient (Wildman–Crippen LogP) is 1.32. The summed E-state index contributed by atoms with van der Waals surface area (Å²) in [5.41, 5.74) is -2.35. The molecule has 2 N–H and O–H groups in total. The molecule has 1 aliphatic heterocycles. The SMILES string of the molecule is CO[C@@H]1CCCN1C1(C(=O)O)CC=CC(C)(C(=O)O)C1. The van der Waals surface area contributed by atoms with Crippen LogP contribution < -0.4 is 0 Å². The van der Waals surface area contributed by atoms with Crippen LogP contribution in [0.15, 0.2) is 12.2 Å². The second kappa shape index (κ2) is 5.18. The summed E-state index contributed by atoms with van der Waals surface area (Å²) in [6.07, 6.45) is 5.03. The fourth-order valence-electron chi connectivity index (χ4n) is 3.37. The van der Waals surface area contributed by atoms with Gasteiger partial charge >= 0.3 is 11.9 Å². The number of methoxy groups -OCH3 is 1. The Morgan fingerprint density at radius 3 is 2.60 bits per heavy atom. The maximum atomic E-state index is 11.9. The van der Waals surface area contributed by atoms with Gasteiger partial charge in [0.1, 0.15) is 11.8 Å².